The molecule has 1 heterocycles. The number of nitrogens with zero attached hydrogens (tertiary/aromatic N) is 1. The Bertz CT molecular complexity index is 558. The van der Waals surface area contributed by atoms with E-state index in [1.807, 2.05) is 45.3 Å². The van der Waals surface area contributed by atoms with E-state index in [0.29, 0.717) is 13.2 Å². The van der Waals surface area contributed by atoms with Gasteiger partial charge in [0.25, 0.3) is 0 Å². The van der Waals surface area contributed by atoms with Crippen LogP contribution in [0.4, 0.5) is 0 Å². The number of hydrogen-bond acceptors (Lipinski definition) is 4. The third kappa shape index (κ3) is 3.73. The van der Waals surface area contributed by atoms with Crippen LogP contribution in [-0.4, -0.2) is 25.2 Å². The third-order valence-corrected chi connectivity index (χ3v) is 3.21. The highest BCUT2D eigenvalue weighted by Gasteiger charge is 2.15. The highest BCUT2D eigenvalue weighted by molar-refractivity contribution is 5.45. The Balaban J connectivity index is 2.35. The molecule has 1 unspecified atom stereocenters. The first-order chi connectivity index (χ1) is 10.3. The number of ether oxygens (including phenoxy) is 2. The molecule has 1 atom stereocenters. The summed E-state index contributed by atoms with van der Waals surface area (Å²) in [7, 11) is 1.94. The van der Waals surface area contributed by atoms with E-state index in [2.05, 4.69) is 22.4 Å². The van der Waals surface area contributed by atoms with Gasteiger partial charge in [-0.2, -0.15) is 0 Å². The molecule has 0 saturated carbocycles. The molecule has 2 aromatic rings. The van der Waals surface area contributed by atoms with Crippen LogP contribution in [0.25, 0.3) is 0 Å². The second-order valence-corrected chi connectivity index (χ2v) is 4.58. The minimum absolute atomic E-state index is 0.0774. The highest BCUT2D eigenvalue weighted by Crippen LogP contribution is 2.32. The van der Waals surface area contributed by atoms with E-state index in [1.54, 1.807) is 6.20 Å². The average Bonchev–Trinajstić information content (AvgIpc) is 2.52. The van der Waals surface area contributed by atoms with Crippen LogP contribution in [0.3, 0.4) is 0 Å². The van der Waals surface area contributed by atoms with Crippen molar-refractivity contribution in [3.05, 3.63) is 53.9 Å². The second kappa shape index (κ2) is 7.64. The summed E-state index contributed by atoms with van der Waals surface area (Å²) < 4.78 is 11.3. The Morgan fingerprint density at radius 1 is 1.05 bits per heavy atom. The molecule has 0 saturated heterocycles. The summed E-state index contributed by atoms with van der Waals surface area (Å²) in [6, 6.07) is 10.1. The maximum absolute atomic E-state index is 5.69. The first kappa shape index (κ1) is 15.3. The number of nitrogens with one attached hydrogen (secondary N) is 1. The van der Waals surface area contributed by atoms with E-state index in [0.717, 1.165) is 22.6 Å². The zero-order valence-electron chi connectivity index (χ0n) is 12.8. The van der Waals surface area contributed by atoms with Crippen molar-refractivity contribution in [1.29, 1.82) is 0 Å². The lowest BCUT2D eigenvalue weighted by molar-refractivity contribution is 0.287. The van der Waals surface area contributed by atoms with Crippen molar-refractivity contribution in [2.24, 2.45) is 0 Å². The van der Waals surface area contributed by atoms with Crippen LogP contribution in [0, 0.1) is 0 Å². The lowest BCUT2D eigenvalue weighted by atomic mass is 10.00. The molecule has 0 aliphatic heterocycles. The van der Waals surface area contributed by atoms with Crippen molar-refractivity contribution < 1.29 is 9.47 Å². The molecule has 2 rings (SSSR count). The molecule has 0 aliphatic carbocycles. The Hall–Kier alpha value is -2.07. The van der Waals surface area contributed by atoms with Gasteiger partial charge < -0.3 is 14.8 Å². The number of rotatable bonds is 7. The number of pyridine rings is 1. The Kier molecular flexibility index (Phi) is 5.58. The largest absolute Gasteiger partial charge is 0.490 e. The molecule has 112 valence electrons. The molecule has 0 fully saturated rings. The summed E-state index contributed by atoms with van der Waals surface area (Å²) >= 11 is 0. The van der Waals surface area contributed by atoms with E-state index in [-0.39, 0.29) is 6.04 Å². The van der Waals surface area contributed by atoms with Crippen LogP contribution in [0.5, 0.6) is 11.5 Å². The predicted molar refractivity (Wildman–Crippen MR) is 83.9 cm³/mol. The van der Waals surface area contributed by atoms with Crippen molar-refractivity contribution in [2.45, 2.75) is 19.9 Å². The quantitative estimate of drug-likeness (QED) is 0.849. The van der Waals surface area contributed by atoms with Crippen LogP contribution in [0.1, 0.15) is 31.0 Å². The SMILES string of the molecule is CCOc1ccc(C(NC)c2cccnc2)cc1OCC. The summed E-state index contributed by atoms with van der Waals surface area (Å²) in [5.74, 6) is 1.56. The van der Waals surface area contributed by atoms with E-state index in [4.69, 9.17) is 9.47 Å². The fourth-order valence-electron chi connectivity index (χ4n) is 2.32. The maximum atomic E-state index is 5.69. The van der Waals surface area contributed by atoms with Gasteiger partial charge in [0.05, 0.1) is 19.3 Å². The van der Waals surface area contributed by atoms with Gasteiger partial charge in [-0.1, -0.05) is 12.1 Å². The monoisotopic (exact) mass is 286 g/mol. The summed E-state index contributed by atoms with van der Waals surface area (Å²) in [5.41, 5.74) is 2.24. The van der Waals surface area contributed by atoms with Gasteiger partial charge in [-0.15, -0.1) is 0 Å². The molecule has 0 radical (unpaired) electrons. The zero-order valence-corrected chi connectivity index (χ0v) is 12.8. The minimum Gasteiger partial charge on any atom is -0.490 e. The number of benzene rings is 1. The van der Waals surface area contributed by atoms with E-state index in [9.17, 15) is 0 Å². The minimum atomic E-state index is 0.0774. The van der Waals surface area contributed by atoms with Crippen molar-refractivity contribution in [3.63, 3.8) is 0 Å². The van der Waals surface area contributed by atoms with Crippen LogP contribution < -0.4 is 14.8 Å². The number of aromatic nitrogens is 1. The fourth-order valence-corrected chi connectivity index (χ4v) is 2.32. The van der Waals surface area contributed by atoms with Gasteiger partial charge >= 0.3 is 0 Å². The zero-order chi connectivity index (χ0) is 15.1. The van der Waals surface area contributed by atoms with Crippen LogP contribution in [-0.2, 0) is 0 Å². The summed E-state index contributed by atoms with van der Waals surface area (Å²) in [6.07, 6.45) is 3.65. The Morgan fingerprint density at radius 3 is 2.43 bits per heavy atom. The van der Waals surface area contributed by atoms with Gasteiger partial charge in [-0.05, 0) is 50.2 Å². The van der Waals surface area contributed by atoms with Crippen LogP contribution in [0.2, 0.25) is 0 Å². The van der Waals surface area contributed by atoms with Crippen molar-refractivity contribution in [2.75, 3.05) is 20.3 Å². The van der Waals surface area contributed by atoms with Crippen LogP contribution >= 0.6 is 0 Å². The normalized spacial score (nSPS) is 12.0. The molecular weight excluding hydrogens is 264 g/mol. The Labute approximate surface area is 126 Å². The van der Waals surface area contributed by atoms with E-state index in [1.165, 1.54) is 0 Å². The summed E-state index contributed by atoms with van der Waals surface area (Å²) in [6.45, 7) is 5.17. The molecule has 1 N–H and O–H groups in total. The molecule has 0 bridgehead atoms. The van der Waals surface area contributed by atoms with Crippen LogP contribution in [0.15, 0.2) is 42.7 Å². The first-order valence-electron chi connectivity index (χ1n) is 7.26. The highest BCUT2D eigenvalue weighted by atomic mass is 16.5. The second-order valence-electron chi connectivity index (χ2n) is 4.58. The van der Waals surface area contributed by atoms with Gasteiger partial charge in [-0.3, -0.25) is 4.98 Å². The molecule has 4 heteroatoms. The topological polar surface area (TPSA) is 43.4 Å². The lowest BCUT2D eigenvalue weighted by Crippen LogP contribution is -2.18. The van der Waals surface area contributed by atoms with Crippen molar-refractivity contribution in [1.82, 2.24) is 10.3 Å². The average molecular weight is 286 g/mol. The van der Waals surface area contributed by atoms with Crippen molar-refractivity contribution in [3.8, 4) is 11.5 Å². The first-order valence-corrected chi connectivity index (χ1v) is 7.26. The molecule has 0 aliphatic rings. The number of hydrogen-bond donors (Lipinski definition) is 1. The van der Waals surface area contributed by atoms with Gasteiger partial charge in [0.2, 0.25) is 0 Å². The molecule has 4 nitrogen and oxygen atoms in total. The molecule has 21 heavy (non-hydrogen) atoms. The molecule has 0 amide bonds. The summed E-state index contributed by atoms with van der Waals surface area (Å²) in [4.78, 5) is 4.19. The van der Waals surface area contributed by atoms with Gasteiger partial charge in [0.15, 0.2) is 11.5 Å². The van der Waals surface area contributed by atoms with Gasteiger partial charge in [0, 0.05) is 12.4 Å². The molecule has 1 aromatic heterocycles. The van der Waals surface area contributed by atoms with E-state index < -0.39 is 0 Å². The molecule has 1 aromatic carbocycles. The molecule has 0 spiro atoms. The molecular formula is C17H22N2O2. The summed E-state index contributed by atoms with van der Waals surface area (Å²) in [5, 5.41) is 3.32. The lowest BCUT2D eigenvalue weighted by Gasteiger charge is -2.19. The van der Waals surface area contributed by atoms with Gasteiger partial charge in [0.1, 0.15) is 0 Å². The maximum Gasteiger partial charge on any atom is 0.161 e. The van der Waals surface area contributed by atoms with Gasteiger partial charge in [-0.25, -0.2) is 0 Å². The van der Waals surface area contributed by atoms with Crippen molar-refractivity contribution >= 4 is 0 Å². The fraction of sp³-hybridized carbons (Fsp3) is 0.353. The smallest absolute Gasteiger partial charge is 0.161 e. The standard InChI is InChI=1S/C17H22N2O2/c1-4-20-15-9-8-13(11-16(15)21-5-2)17(18-3)14-7-6-10-19-12-14/h6-12,17-18H,4-5H2,1-3H3. The predicted octanol–water partition coefficient (Wildman–Crippen LogP) is 3.19. The van der Waals surface area contributed by atoms with E-state index >= 15 is 0 Å². The Morgan fingerprint density at radius 2 is 1.81 bits per heavy atom. The third-order valence-electron chi connectivity index (χ3n) is 3.21.